The fourth-order valence-corrected chi connectivity index (χ4v) is 3.56. The Kier molecular flexibility index (Phi) is 4.66. The molecule has 3 N–H and O–H groups in total. The van der Waals surface area contributed by atoms with Gasteiger partial charge in [-0.3, -0.25) is 4.90 Å². The second kappa shape index (κ2) is 6.55. The van der Waals surface area contributed by atoms with Crippen LogP contribution in [-0.4, -0.2) is 74.1 Å². The minimum absolute atomic E-state index is 0.655. The predicted octanol–water partition coefficient (Wildman–Crippen LogP) is 0.814. The zero-order valence-electron chi connectivity index (χ0n) is 14.2. The van der Waals surface area contributed by atoms with Crippen molar-refractivity contribution < 1.29 is 9.84 Å². The van der Waals surface area contributed by atoms with E-state index < -0.39 is 5.72 Å². The van der Waals surface area contributed by atoms with Gasteiger partial charge in [-0.05, 0) is 19.2 Å². The third-order valence-corrected chi connectivity index (χ3v) is 5.24. The van der Waals surface area contributed by atoms with E-state index in [1.165, 1.54) is 0 Å². The molecule has 23 heavy (non-hydrogen) atoms. The standard InChI is InChI=1S/C17H28N4O2/c1-19-9-11-21(12-10-19)17(22)5-7-20(8-6-17)14-3-4-15(18)16(13-14)23-2/h3-4,13,22H,5-12,18H2,1-2H3. The molecule has 2 heterocycles. The van der Waals surface area contributed by atoms with Crippen LogP contribution in [0, 0.1) is 0 Å². The molecule has 1 aromatic carbocycles. The van der Waals surface area contributed by atoms with E-state index in [0.29, 0.717) is 11.4 Å². The van der Waals surface area contributed by atoms with Crippen LogP contribution in [-0.2, 0) is 0 Å². The number of aliphatic hydroxyl groups is 1. The van der Waals surface area contributed by atoms with Crippen molar-refractivity contribution >= 4 is 11.4 Å². The third-order valence-electron chi connectivity index (χ3n) is 5.24. The van der Waals surface area contributed by atoms with Crippen LogP contribution in [0.5, 0.6) is 5.75 Å². The molecule has 0 aliphatic carbocycles. The van der Waals surface area contributed by atoms with Gasteiger partial charge in [-0.25, -0.2) is 0 Å². The molecule has 0 saturated carbocycles. The molecule has 2 aliphatic rings. The molecule has 0 bridgehead atoms. The average Bonchev–Trinajstić information content (AvgIpc) is 2.57. The van der Waals surface area contributed by atoms with Crippen molar-refractivity contribution in [3.63, 3.8) is 0 Å². The van der Waals surface area contributed by atoms with Crippen molar-refractivity contribution in [2.24, 2.45) is 0 Å². The van der Waals surface area contributed by atoms with Crippen LogP contribution < -0.4 is 15.4 Å². The summed E-state index contributed by atoms with van der Waals surface area (Å²) in [6.07, 6.45) is 1.53. The van der Waals surface area contributed by atoms with Crippen molar-refractivity contribution in [1.82, 2.24) is 9.80 Å². The van der Waals surface area contributed by atoms with E-state index in [1.807, 2.05) is 18.2 Å². The summed E-state index contributed by atoms with van der Waals surface area (Å²) in [6.45, 7) is 5.64. The number of piperazine rings is 1. The number of nitrogen functional groups attached to an aromatic ring is 1. The molecule has 2 fully saturated rings. The number of piperidine rings is 1. The molecule has 128 valence electrons. The number of likely N-dealkylation sites (N-methyl/N-ethyl adjacent to an activating group) is 1. The van der Waals surface area contributed by atoms with Gasteiger partial charge in [0.15, 0.2) is 0 Å². The summed E-state index contributed by atoms with van der Waals surface area (Å²) >= 11 is 0. The average molecular weight is 320 g/mol. The van der Waals surface area contributed by atoms with Gasteiger partial charge in [0.1, 0.15) is 11.5 Å². The summed E-state index contributed by atoms with van der Waals surface area (Å²) in [5, 5.41) is 11.0. The highest BCUT2D eigenvalue weighted by Gasteiger charge is 2.38. The first-order chi connectivity index (χ1) is 11.0. The first-order valence-corrected chi connectivity index (χ1v) is 8.36. The van der Waals surface area contributed by atoms with Gasteiger partial charge in [-0.2, -0.15) is 0 Å². The lowest BCUT2D eigenvalue weighted by molar-refractivity contribution is -0.136. The number of benzene rings is 1. The molecule has 0 spiro atoms. The Morgan fingerprint density at radius 3 is 2.35 bits per heavy atom. The number of hydrogen-bond donors (Lipinski definition) is 2. The van der Waals surface area contributed by atoms with Gasteiger partial charge in [0.05, 0.1) is 12.8 Å². The SMILES string of the molecule is COc1cc(N2CCC(O)(N3CCN(C)CC3)CC2)ccc1N. The fraction of sp³-hybridized carbons (Fsp3) is 0.647. The van der Waals surface area contributed by atoms with E-state index in [4.69, 9.17) is 10.5 Å². The third kappa shape index (κ3) is 3.39. The molecule has 3 rings (SSSR count). The van der Waals surface area contributed by atoms with E-state index >= 15 is 0 Å². The molecular weight excluding hydrogens is 292 g/mol. The zero-order chi connectivity index (χ0) is 16.4. The monoisotopic (exact) mass is 320 g/mol. The van der Waals surface area contributed by atoms with Gasteiger partial charge < -0.3 is 25.4 Å². The Morgan fingerprint density at radius 2 is 1.74 bits per heavy atom. The lowest BCUT2D eigenvalue weighted by Gasteiger charge is -2.48. The lowest BCUT2D eigenvalue weighted by Crippen LogP contribution is -2.60. The Bertz CT molecular complexity index is 535. The van der Waals surface area contributed by atoms with Crippen LogP contribution in [0.25, 0.3) is 0 Å². The first kappa shape index (κ1) is 16.4. The number of nitrogens with zero attached hydrogens (tertiary/aromatic N) is 3. The quantitative estimate of drug-likeness (QED) is 0.804. The van der Waals surface area contributed by atoms with Gasteiger partial charge >= 0.3 is 0 Å². The van der Waals surface area contributed by atoms with Crippen LogP contribution in [0.3, 0.4) is 0 Å². The summed E-state index contributed by atoms with van der Waals surface area (Å²) in [5.41, 5.74) is 6.99. The number of methoxy groups -OCH3 is 1. The maximum absolute atomic E-state index is 11.0. The number of anilines is 2. The molecular formula is C17H28N4O2. The van der Waals surface area contributed by atoms with Crippen molar-refractivity contribution in [2.75, 3.05) is 64.1 Å². The van der Waals surface area contributed by atoms with E-state index in [-0.39, 0.29) is 0 Å². The Balaban J connectivity index is 1.64. The van der Waals surface area contributed by atoms with E-state index in [1.54, 1.807) is 7.11 Å². The molecule has 2 aliphatic heterocycles. The van der Waals surface area contributed by atoms with Crippen molar-refractivity contribution in [2.45, 2.75) is 18.6 Å². The number of ether oxygens (including phenoxy) is 1. The maximum atomic E-state index is 11.0. The van der Waals surface area contributed by atoms with Crippen LogP contribution in [0.4, 0.5) is 11.4 Å². The highest BCUT2D eigenvalue weighted by Crippen LogP contribution is 2.33. The zero-order valence-corrected chi connectivity index (χ0v) is 14.2. The molecule has 0 atom stereocenters. The van der Waals surface area contributed by atoms with Crippen LogP contribution in [0.2, 0.25) is 0 Å². The topological polar surface area (TPSA) is 65.2 Å². The van der Waals surface area contributed by atoms with E-state index in [2.05, 4.69) is 21.7 Å². The van der Waals surface area contributed by atoms with Gasteiger partial charge in [0, 0.05) is 63.9 Å². The summed E-state index contributed by atoms with van der Waals surface area (Å²) in [6, 6.07) is 5.89. The molecule has 6 heteroatoms. The van der Waals surface area contributed by atoms with Crippen molar-refractivity contribution in [1.29, 1.82) is 0 Å². The van der Waals surface area contributed by atoms with Crippen molar-refractivity contribution in [3.8, 4) is 5.75 Å². The summed E-state index contributed by atoms with van der Waals surface area (Å²) < 4.78 is 5.31. The van der Waals surface area contributed by atoms with Crippen LogP contribution in [0.1, 0.15) is 12.8 Å². The maximum Gasteiger partial charge on any atom is 0.143 e. The van der Waals surface area contributed by atoms with Gasteiger partial charge in [-0.15, -0.1) is 0 Å². The molecule has 1 aromatic rings. The van der Waals surface area contributed by atoms with Gasteiger partial charge in [-0.1, -0.05) is 0 Å². The predicted molar refractivity (Wildman–Crippen MR) is 92.9 cm³/mol. The molecule has 0 radical (unpaired) electrons. The minimum atomic E-state index is -0.657. The Labute approximate surface area is 138 Å². The van der Waals surface area contributed by atoms with E-state index in [9.17, 15) is 5.11 Å². The van der Waals surface area contributed by atoms with Gasteiger partial charge in [0.25, 0.3) is 0 Å². The fourth-order valence-electron chi connectivity index (χ4n) is 3.56. The molecule has 6 nitrogen and oxygen atoms in total. The summed E-state index contributed by atoms with van der Waals surface area (Å²) in [5.74, 6) is 0.711. The summed E-state index contributed by atoms with van der Waals surface area (Å²) in [7, 11) is 3.77. The second-order valence-electron chi connectivity index (χ2n) is 6.69. The Hall–Kier alpha value is -1.50. The second-order valence-corrected chi connectivity index (χ2v) is 6.69. The summed E-state index contributed by atoms with van der Waals surface area (Å²) in [4.78, 5) is 6.87. The minimum Gasteiger partial charge on any atom is -0.495 e. The van der Waals surface area contributed by atoms with Crippen molar-refractivity contribution in [3.05, 3.63) is 18.2 Å². The number of rotatable bonds is 3. The lowest BCUT2D eigenvalue weighted by atomic mass is 9.97. The van der Waals surface area contributed by atoms with Crippen LogP contribution in [0.15, 0.2) is 18.2 Å². The highest BCUT2D eigenvalue weighted by molar-refractivity contribution is 5.62. The molecule has 0 aromatic heterocycles. The normalized spacial score (nSPS) is 23.0. The Morgan fingerprint density at radius 1 is 1.09 bits per heavy atom. The molecule has 0 unspecified atom stereocenters. The smallest absolute Gasteiger partial charge is 0.143 e. The number of nitrogens with two attached hydrogens (primary N) is 1. The highest BCUT2D eigenvalue weighted by atomic mass is 16.5. The number of hydrogen-bond acceptors (Lipinski definition) is 6. The molecule has 2 saturated heterocycles. The van der Waals surface area contributed by atoms with E-state index in [0.717, 1.165) is 57.8 Å². The molecule has 0 amide bonds. The largest absolute Gasteiger partial charge is 0.495 e. The van der Waals surface area contributed by atoms with Crippen LogP contribution >= 0.6 is 0 Å². The first-order valence-electron chi connectivity index (χ1n) is 8.36. The van der Waals surface area contributed by atoms with Gasteiger partial charge in [0.2, 0.25) is 0 Å².